The molecule has 1 aliphatic rings. The van der Waals surface area contributed by atoms with E-state index in [1.807, 2.05) is 0 Å². The van der Waals surface area contributed by atoms with E-state index < -0.39 is 0 Å². The molecule has 0 saturated heterocycles. The van der Waals surface area contributed by atoms with Gasteiger partial charge < -0.3 is 0 Å². The second-order valence-corrected chi connectivity index (χ2v) is 4.31. The molecule has 0 radical (unpaired) electrons. The highest BCUT2D eigenvalue weighted by Gasteiger charge is 2.26. The predicted octanol–water partition coefficient (Wildman–Crippen LogP) is 3.19. The summed E-state index contributed by atoms with van der Waals surface area (Å²) in [6, 6.07) is 0. The maximum absolute atomic E-state index is 11.6. The van der Waals surface area contributed by atoms with E-state index in [2.05, 4.69) is 12.8 Å². The van der Waals surface area contributed by atoms with Gasteiger partial charge in [-0.15, -0.1) is 12.3 Å². The largest absolute Gasteiger partial charge is 0.299 e. The highest BCUT2D eigenvalue weighted by Crippen LogP contribution is 2.31. The second kappa shape index (κ2) is 5.86. The Morgan fingerprint density at radius 1 is 1.57 bits per heavy atom. The summed E-state index contributed by atoms with van der Waals surface area (Å²) in [5.74, 6) is 4.22. The summed E-state index contributed by atoms with van der Waals surface area (Å²) < 4.78 is 0. The highest BCUT2D eigenvalue weighted by molar-refractivity contribution is 5.81. The Labute approximate surface area is 87.3 Å². The Balaban J connectivity index is 2.33. The van der Waals surface area contributed by atoms with Crippen molar-refractivity contribution in [1.82, 2.24) is 0 Å². The van der Waals surface area contributed by atoms with E-state index in [1.165, 1.54) is 6.42 Å². The van der Waals surface area contributed by atoms with Crippen LogP contribution in [0.15, 0.2) is 0 Å². The zero-order valence-electron chi connectivity index (χ0n) is 9.09. The van der Waals surface area contributed by atoms with Crippen LogP contribution in [0.25, 0.3) is 0 Å². The van der Waals surface area contributed by atoms with Gasteiger partial charge in [0.25, 0.3) is 0 Å². The first-order chi connectivity index (χ1) is 6.77. The lowest BCUT2D eigenvalue weighted by atomic mass is 9.77. The molecule has 0 bridgehead atoms. The Kier molecular flexibility index (Phi) is 4.73. The molecule has 0 aliphatic heterocycles. The molecule has 14 heavy (non-hydrogen) atoms. The third-order valence-corrected chi connectivity index (χ3v) is 3.32. The molecular weight excluding hydrogens is 172 g/mol. The van der Waals surface area contributed by atoms with E-state index in [4.69, 9.17) is 6.42 Å². The molecule has 0 aromatic rings. The second-order valence-electron chi connectivity index (χ2n) is 4.31. The number of hydrogen-bond donors (Lipinski definition) is 0. The summed E-state index contributed by atoms with van der Waals surface area (Å²) in [6.45, 7) is 2.22. The summed E-state index contributed by atoms with van der Waals surface area (Å²) in [5.41, 5.74) is 0. The quantitative estimate of drug-likeness (QED) is 0.494. The molecule has 78 valence electrons. The van der Waals surface area contributed by atoms with Crippen LogP contribution in [0.2, 0.25) is 0 Å². The van der Waals surface area contributed by atoms with Gasteiger partial charge in [-0.1, -0.05) is 13.3 Å². The molecular formula is C13H20O. The third-order valence-electron chi connectivity index (χ3n) is 3.32. The molecule has 1 fully saturated rings. The van der Waals surface area contributed by atoms with E-state index >= 15 is 0 Å². The molecule has 0 heterocycles. The Morgan fingerprint density at radius 3 is 3.00 bits per heavy atom. The molecule has 0 amide bonds. The van der Waals surface area contributed by atoms with E-state index in [1.54, 1.807) is 0 Å². The summed E-state index contributed by atoms with van der Waals surface area (Å²) in [7, 11) is 0. The molecule has 0 aromatic heterocycles. The molecule has 1 rings (SSSR count). The van der Waals surface area contributed by atoms with E-state index in [0.717, 1.165) is 44.4 Å². The van der Waals surface area contributed by atoms with Crippen molar-refractivity contribution in [3.8, 4) is 12.3 Å². The first-order valence-corrected chi connectivity index (χ1v) is 5.74. The maximum atomic E-state index is 11.6. The van der Waals surface area contributed by atoms with Crippen LogP contribution in [0.3, 0.4) is 0 Å². The lowest BCUT2D eigenvalue weighted by Crippen LogP contribution is -2.24. The topological polar surface area (TPSA) is 17.1 Å². The summed E-state index contributed by atoms with van der Waals surface area (Å²) >= 11 is 0. The smallest absolute Gasteiger partial charge is 0.135 e. The molecule has 2 unspecified atom stereocenters. The minimum atomic E-state index is 0.321. The fourth-order valence-corrected chi connectivity index (χ4v) is 2.30. The molecule has 1 nitrogen and oxygen atoms in total. The number of rotatable bonds is 4. The summed E-state index contributed by atoms with van der Waals surface area (Å²) in [6.07, 6.45) is 12.3. The lowest BCUT2D eigenvalue weighted by Gasteiger charge is -2.27. The van der Waals surface area contributed by atoms with Crippen molar-refractivity contribution in [2.75, 3.05) is 0 Å². The van der Waals surface area contributed by atoms with Gasteiger partial charge in [-0.2, -0.15) is 0 Å². The van der Waals surface area contributed by atoms with Crippen LogP contribution in [-0.4, -0.2) is 5.78 Å². The van der Waals surface area contributed by atoms with Crippen LogP contribution in [0, 0.1) is 24.2 Å². The van der Waals surface area contributed by atoms with Crippen molar-refractivity contribution >= 4 is 5.78 Å². The molecule has 1 heteroatoms. The van der Waals surface area contributed by atoms with Crippen LogP contribution in [0.5, 0.6) is 0 Å². The van der Waals surface area contributed by atoms with Crippen LogP contribution in [-0.2, 0) is 4.79 Å². The normalized spacial score (nSPS) is 27.3. The number of Topliss-reactive ketones (excluding diaryl/α,β-unsaturated/α-hetero) is 1. The fraction of sp³-hybridized carbons (Fsp3) is 0.769. The van der Waals surface area contributed by atoms with E-state index in [-0.39, 0.29) is 0 Å². The number of hydrogen-bond acceptors (Lipinski definition) is 1. The molecule has 0 N–H and O–H groups in total. The average molecular weight is 192 g/mol. The van der Waals surface area contributed by atoms with Gasteiger partial charge in [-0.3, -0.25) is 4.79 Å². The number of carbonyl (C=O) groups excluding carboxylic acids is 1. The summed E-state index contributed by atoms with van der Waals surface area (Å²) in [5, 5.41) is 0. The molecule has 2 atom stereocenters. The minimum Gasteiger partial charge on any atom is -0.299 e. The number of terminal acetylenes is 1. The standard InChI is InChI=1S/C13H20O/c1-3-5-6-7-12-10-11(4-2)8-9-13(12)14/h1,11-12H,4-10H2,2H3. The number of ketones is 1. The molecule has 0 spiro atoms. The predicted molar refractivity (Wildman–Crippen MR) is 58.8 cm³/mol. The van der Waals surface area contributed by atoms with Crippen molar-refractivity contribution in [2.45, 2.75) is 51.9 Å². The van der Waals surface area contributed by atoms with Crippen molar-refractivity contribution in [2.24, 2.45) is 11.8 Å². The van der Waals surface area contributed by atoms with Gasteiger partial charge in [0.2, 0.25) is 0 Å². The molecule has 0 aromatic carbocycles. The SMILES string of the molecule is C#CCCCC1CC(CC)CCC1=O. The van der Waals surface area contributed by atoms with Gasteiger partial charge in [0.1, 0.15) is 5.78 Å². The van der Waals surface area contributed by atoms with Crippen LogP contribution in [0.4, 0.5) is 0 Å². The monoisotopic (exact) mass is 192 g/mol. The van der Waals surface area contributed by atoms with Gasteiger partial charge in [0.05, 0.1) is 0 Å². The fourth-order valence-electron chi connectivity index (χ4n) is 2.30. The zero-order chi connectivity index (χ0) is 10.4. The van der Waals surface area contributed by atoms with Gasteiger partial charge >= 0.3 is 0 Å². The van der Waals surface area contributed by atoms with Crippen LogP contribution >= 0.6 is 0 Å². The number of carbonyl (C=O) groups is 1. The summed E-state index contributed by atoms with van der Waals surface area (Å²) in [4.78, 5) is 11.6. The van der Waals surface area contributed by atoms with Crippen LogP contribution in [0.1, 0.15) is 51.9 Å². The van der Waals surface area contributed by atoms with E-state index in [0.29, 0.717) is 11.7 Å². The Bertz CT molecular complexity index is 224. The highest BCUT2D eigenvalue weighted by atomic mass is 16.1. The Morgan fingerprint density at radius 2 is 2.36 bits per heavy atom. The molecule has 1 saturated carbocycles. The van der Waals surface area contributed by atoms with Crippen molar-refractivity contribution in [3.63, 3.8) is 0 Å². The van der Waals surface area contributed by atoms with Gasteiger partial charge in [0.15, 0.2) is 0 Å². The van der Waals surface area contributed by atoms with Crippen molar-refractivity contribution in [1.29, 1.82) is 0 Å². The lowest BCUT2D eigenvalue weighted by molar-refractivity contribution is -0.125. The van der Waals surface area contributed by atoms with Crippen LogP contribution < -0.4 is 0 Å². The Hall–Kier alpha value is -0.770. The van der Waals surface area contributed by atoms with Crippen molar-refractivity contribution in [3.05, 3.63) is 0 Å². The van der Waals surface area contributed by atoms with Gasteiger partial charge in [-0.25, -0.2) is 0 Å². The van der Waals surface area contributed by atoms with Gasteiger partial charge in [-0.05, 0) is 31.6 Å². The van der Waals surface area contributed by atoms with E-state index in [9.17, 15) is 4.79 Å². The average Bonchev–Trinajstić information content (AvgIpc) is 2.21. The van der Waals surface area contributed by atoms with Crippen molar-refractivity contribution < 1.29 is 4.79 Å². The minimum absolute atomic E-state index is 0.321. The number of unbranched alkanes of at least 4 members (excludes halogenated alkanes) is 1. The van der Waals surface area contributed by atoms with Gasteiger partial charge in [0, 0.05) is 18.8 Å². The maximum Gasteiger partial charge on any atom is 0.135 e. The molecule has 1 aliphatic carbocycles. The first-order valence-electron chi connectivity index (χ1n) is 5.74. The first kappa shape index (κ1) is 11.3. The third kappa shape index (κ3) is 3.18. The zero-order valence-corrected chi connectivity index (χ0v) is 9.09.